The zero-order valence-corrected chi connectivity index (χ0v) is 9.39. The molecule has 0 heterocycles. The molecule has 5 heteroatoms. The predicted molar refractivity (Wildman–Crippen MR) is 53.8 cm³/mol. The first-order valence-electron chi connectivity index (χ1n) is 4.10. The molecule has 1 nitrogen and oxygen atoms in total. The number of rotatable bonds is 2. The van der Waals surface area contributed by atoms with Crippen LogP contribution in [0.15, 0.2) is 24.3 Å². The van der Waals surface area contributed by atoms with Crippen LogP contribution in [0.3, 0.4) is 0 Å². The molecule has 0 saturated carbocycles. The van der Waals surface area contributed by atoms with Crippen LogP contribution in [0.5, 0.6) is 0 Å². The molecule has 1 rings (SSSR count). The molecule has 0 spiro atoms. The summed E-state index contributed by atoms with van der Waals surface area (Å²) in [5.41, 5.74) is -0.231. The molecule has 0 aliphatic heterocycles. The number of halogens is 4. The van der Waals surface area contributed by atoms with E-state index < -0.39 is 16.1 Å². The fraction of sp³-hybridized carbons (Fsp3) is 0.300. The molecule has 0 bridgehead atoms. The number of alkyl halides is 4. The van der Waals surface area contributed by atoms with Gasteiger partial charge in [0.05, 0.1) is 5.56 Å². The van der Waals surface area contributed by atoms with Crippen molar-refractivity contribution < 1.29 is 18.0 Å². The monoisotopic (exact) mass is 280 g/mol. The van der Waals surface area contributed by atoms with Gasteiger partial charge in [0.15, 0.2) is 0 Å². The van der Waals surface area contributed by atoms with Crippen molar-refractivity contribution in [3.05, 3.63) is 35.4 Å². The molecule has 0 amide bonds. The van der Waals surface area contributed by atoms with Crippen molar-refractivity contribution in [2.24, 2.45) is 0 Å². The number of hydrogen-bond acceptors (Lipinski definition) is 1. The van der Waals surface area contributed by atoms with Gasteiger partial charge in [0.2, 0.25) is 0 Å². The summed E-state index contributed by atoms with van der Waals surface area (Å²) in [7, 11) is 0. The van der Waals surface area contributed by atoms with Crippen LogP contribution in [0.25, 0.3) is 0 Å². The fourth-order valence-electron chi connectivity index (χ4n) is 1.05. The summed E-state index contributed by atoms with van der Waals surface area (Å²) in [5, 5.41) is 0. The average Bonchev–Trinajstić information content (AvgIpc) is 2.17. The molecule has 15 heavy (non-hydrogen) atoms. The second-order valence-corrected chi connectivity index (χ2v) is 4.92. The molecule has 0 N–H and O–H groups in total. The lowest BCUT2D eigenvalue weighted by Gasteiger charge is -2.16. The van der Waals surface area contributed by atoms with Crippen LogP contribution >= 0.6 is 15.9 Å². The Morgan fingerprint density at radius 3 is 1.87 bits per heavy atom. The smallest absolute Gasteiger partial charge is 0.301 e. The highest BCUT2D eigenvalue weighted by molar-refractivity contribution is 9.10. The maximum Gasteiger partial charge on any atom is 0.416 e. The van der Waals surface area contributed by atoms with E-state index in [0.29, 0.717) is 11.8 Å². The third-order valence-electron chi connectivity index (χ3n) is 2.00. The van der Waals surface area contributed by atoms with Crippen molar-refractivity contribution in [3.8, 4) is 0 Å². The third-order valence-corrected chi connectivity index (χ3v) is 2.64. The van der Waals surface area contributed by atoms with E-state index in [1.54, 1.807) is 6.92 Å². The molecule has 1 aromatic rings. The van der Waals surface area contributed by atoms with E-state index in [-0.39, 0.29) is 0 Å². The van der Waals surface area contributed by atoms with Crippen LogP contribution in [0.2, 0.25) is 0 Å². The van der Waals surface area contributed by atoms with Crippen molar-refractivity contribution in [2.45, 2.75) is 17.4 Å². The molecule has 0 aromatic heterocycles. The van der Waals surface area contributed by atoms with Gasteiger partial charge in [0, 0.05) is 0 Å². The minimum Gasteiger partial charge on any atom is -0.301 e. The summed E-state index contributed by atoms with van der Waals surface area (Å²) in [5.74, 6) is 0. The normalized spacial score (nSPS) is 15.8. The van der Waals surface area contributed by atoms with Gasteiger partial charge in [-0.25, -0.2) is 0 Å². The van der Waals surface area contributed by atoms with E-state index >= 15 is 0 Å². The lowest BCUT2D eigenvalue weighted by Crippen LogP contribution is -2.15. The molecule has 0 radical (unpaired) electrons. The van der Waals surface area contributed by atoms with E-state index in [2.05, 4.69) is 15.9 Å². The summed E-state index contributed by atoms with van der Waals surface area (Å²) in [4.78, 5) is 10.6. The van der Waals surface area contributed by atoms with Gasteiger partial charge in [-0.05, 0) is 24.6 Å². The van der Waals surface area contributed by atoms with Gasteiger partial charge in [-0.15, -0.1) is 0 Å². The number of carbonyl (C=O) groups excluding carboxylic acids is 1. The van der Waals surface area contributed by atoms with E-state index in [4.69, 9.17) is 0 Å². The van der Waals surface area contributed by atoms with Gasteiger partial charge in [-0.2, -0.15) is 13.2 Å². The van der Waals surface area contributed by atoms with Crippen LogP contribution in [0.1, 0.15) is 18.1 Å². The molecule has 0 fully saturated rings. The lowest BCUT2D eigenvalue weighted by atomic mass is 10.0. The number of hydrogen-bond donors (Lipinski definition) is 0. The maximum absolute atomic E-state index is 12.2. The number of aldehydes is 1. The summed E-state index contributed by atoms with van der Waals surface area (Å²) >= 11 is 3.11. The van der Waals surface area contributed by atoms with Gasteiger partial charge < -0.3 is 4.79 Å². The molecule has 1 aromatic carbocycles. The Hall–Kier alpha value is -0.840. The molecule has 0 saturated heterocycles. The van der Waals surface area contributed by atoms with Crippen LogP contribution < -0.4 is 0 Å². The Morgan fingerprint density at radius 1 is 1.13 bits per heavy atom. The summed E-state index contributed by atoms with van der Waals surface area (Å²) in [6, 6.07) is 4.48. The molecular formula is C10H8BrF3O. The Morgan fingerprint density at radius 2 is 1.53 bits per heavy atom. The highest BCUT2D eigenvalue weighted by Crippen LogP contribution is 2.33. The van der Waals surface area contributed by atoms with E-state index in [0.717, 1.165) is 12.1 Å². The summed E-state index contributed by atoms with van der Waals surface area (Å²) < 4.78 is 35.7. The standard InChI is InChI=1S/C10H8BrF3O/c1-9(11,6-15)7-2-4-8(5-3-7)10(12,13)14/h2-6H,1H3. The van der Waals surface area contributed by atoms with Gasteiger partial charge >= 0.3 is 6.18 Å². The second kappa shape index (κ2) is 3.96. The highest BCUT2D eigenvalue weighted by atomic mass is 79.9. The van der Waals surface area contributed by atoms with Crippen LogP contribution in [0.4, 0.5) is 13.2 Å². The van der Waals surface area contributed by atoms with Gasteiger partial charge in [-0.1, -0.05) is 28.1 Å². The van der Waals surface area contributed by atoms with Crippen molar-refractivity contribution in [3.63, 3.8) is 0 Å². The Labute approximate surface area is 93.4 Å². The molecule has 82 valence electrons. The predicted octanol–water partition coefficient (Wildman–Crippen LogP) is 3.51. The van der Waals surface area contributed by atoms with Gasteiger partial charge in [-0.3, -0.25) is 0 Å². The number of benzene rings is 1. The van der Waals surface area contributed by atoms with Crippen LogP contribution in [-0.4, -0.2) is 6.29 Å². The Kier molecular flexibility index (Phi) is 3.23. The van der Waals surface area contributed by atoms with Crippen molar-refractivity contribution in [1.82, 2.24) is 0 Å². The first-order chi connectivity index (χ1) is 6.77. The number of carbonyl (C=O) groups is 1. The lowest BCUT2D eigenvalue weighted by molar-refractivity contribution is -0.137. The fourth-order valence-corrected chi connectivity index (χ4v) is 1.32. The quantitative estimate of drug-likeness (QED) is 0.599. The second-order valence-electron chi connectivity index (χ2n) is 3.27. The van der Waals surface area contributed by atoms with Crippen molar-refractivity contribution in [2.75, 3.05) is 0 Å². The largest absolute Gasteiger partial charge is 0.416 e. The van der Waals surface area contributed by atoms with Crippen molar-refractivity contribution >= 4 is 22.2 Å². The highest BCUT2D eigenvalue weighted by Gasteiger charge is 2.31. The van der Waals surface area contributed by atoms with Gasteiger partial charge in [0.1, 0.15) is 10.6 Å². The zero-order valence-electron chi connectivity index (χ0n) is 7.81. The first-order valence-corrected chi connectivity index (χ1v) is 4.89. The zero-order chi connectivity index (χ0) is 11.7. The Bertz CT molecular complexity index is 354. The van der Waals surface area contributed by atoms with E-state index in [1.165, 1.54) is 12.1 Å². The Balaban J connectivity index is 3.06. The van der Waals surface area contributed by atoms with E-state index in [9.17, 15) is 18.0 Å². The SMILES string of the molecule is CC(Br)(C=O)c1ccc(C(F)(F)F)cc1. The third kappa shape index (κ3) is 2.81. The average molecular weight is 281 g/mol. The van der Waals surface area contributed by atoms with Gasteiger partial charge in [0.25, 0.3) is 0 Å². The first kappa shape index (κ1) is 12.2. The minimum absolute atomic E-state index is 0.491. The minimum atomic E-state index is -4.34. The van der Waals surface area contributed by atoms with E-state index in [1.807, 2.05) is 0 Å². The molecule has 1 atom stereocenters. The summed E-state index contributed by atoms with van der Waals surface area (Å²) in [6.45, 7) is 1.57. The molecule has 0 aliphatic rings. The molecule has 0 aliphatic carbocycles. The van der Waals surface area contributed by atoms with Crippen LogP contribution in [-0.2, 0) is 15.3 Å². The summed E-state index contributed by atoms with van der Waals surface area (Å²) in [6.07, 6.45) is -3.71. The van der Waals surface area contributed by atoms with Crippen LogP contribution in [0, 0.1) is 0 Å². The van der Waals surface area contributed by atoms with Crippen molar-refractivity contribution in [1.29, 1.82) is 0 Å². The topological polar surface area (TPSA) is 17.1 Å². The molecular weight excluding hydrogens is 273 g/mol. The maximum atomic E-state index is 12.2. The molecule has 1 unspecified atom stereocenters.